The van der Waals surface area contributed by atoms with Gasteiger partial charge in [-0.25, -0.2) is 4.39 Å². The van der Waals surface area contributed by atoms with Gasteiger partial charge in [-0.1, -0.05) is 6.92 Å². The molecule has 0 spiro atoms. The first-order chi connectivity index (χ1) is 8.61. The zero-order valence-corrected chi connectivity index (χ0v) is 10.2. The molecule has 1 aromatic carbocycles. The smallest absolute Gasteiger partial charge is 0.257 e. The highest BCUT2D eigenvalue weighted by Crippen LogP contribution is 2.21. The molecule has 0 saturated carbocycles. The van der Waals surface area contributed by atoms with E-state index in [0.29, 0.717) is 19.7 Å². The number of phenols is 1. The lowest BCUT2D eigenvalue weighted by Crippen LogP contribution is -2.45. The van der Waals surface area contributed by atoms with E-state index in [1.165, 1.54) is 12.1 Å². The number of hydrogen-bond acceptors (Lipinski definition) is 3. The quantitative estimate of drug-likeness (QED) is 0.874. The zero-order valence-electron chi connectivity index (χ0n) is 10.2. The van der Waals surface area contributed by atoms with Gasteiger partial charge in [0, 0.05) is 19.2 Å². The number of ether oxygens (including phenoxy) is 1. The molecule has 18 heavy (non-hydrogen) atoms. The average molecular weight is 253 g/mol. The number of amides is 1. The van der Waals surface area contributed by atoms with E-state index >= 15 is 0 Å². The summed E-state index contributed by atoms with van der Waals surface area (Å²) in [7, 11) is 0. The Morgan fingerprint density at radius 1 is 1.61 bits per heavy atom. The lowest BCUT2D eigenvalue weighted by molar-refractivity contribution is -0.0227. The Kier molecular flexibility index (Phi) is 3.81. The van der Waals surface area contributed by atoms with E-state index in [9.17, 15) is 14.3 Å². The molecule has 2 rings (SSSR count). The zero-order chi connectivity index (χ0) is 13.1. The molecule has 1 N–H and O–H groups in total. The van der Waals surface area contributed by atoms with E-state index in [2.05, 4.69) is 0 Å². The molecule has 1 aliphatic heterocycles. The fraction of sp³-hybridized carbons (Fsp3) is 0.462. The van der Waals surface area contributed by atoms with Crippen molar-refractivity contribution in [3.05, 3.63) is 29.6 Å². The van der Waals surface area contributed by atoms with Gasteiger partial charge in [0.05, 0.1) is 18.3 Å². The minimum Gasteiger partial charge on any atom is -0.507 e. The van der Waals surface area contributed by atoms with Gasteiger partial charge in [0.25, 0.3) is 5.91 Å². The molecule has 0 aliphatic carbocycles. The summed E-state index contributed by atoms with van der Waals surface area (Å²) >= 11 is 0. The predicted molar refractivity (Wildman–Crippen MR) is 64.0 cm³/mol. The van der Waals surface area contributed by atoms with Crippen LogP contribution in [-0.4, -0.2) is 41.7 Å². The molecule has 1 saturated heterocycles. The van der Waals surface area contributed by atoms with Crippen molar-refractivity contribution in [1.29, 1.82) is 0 Å². The lowest BCUT2D eigenvalue weighted by Gasteiger charge is -2.32. The Morgan fingerprint density at radius 3 is 3.06 bits per heavy atom. The number of nitrogens with zero attached hydrogens (tertiary/aromatic N) is 1. The average Bonchev–Trinajstić information content (AvgIpc) is 2.38. The Bertz CT molecular complexity index is 450. The number of carbonyl (C=O) groups excluding carboxylic acids is 1. The van der Waals surface area contributed by atoms with Gasteiger partial charge in [0.1, 0.15) is 11.6 Å². The molecule has 1 heterocycles. The first-order valence-corrected chi connectivity index (χ1v) is 6.01. The van der Waals surface area contributed by atoms with Gasteiger partial charge in [0.2, 0.25) is 0 Å². The third-order valence-electron chi connectivity index (χ3n) is 3.07. The fourth-order valence-corrected chi connectivity index (χ4v) is 2.01. The van der Waals surface area contributed by atoms with E-state index in [4.69, 9.17) is 4.74 Å². The van der Waals surface area contributed by atoms with Crippen molar-refractivity contribution in [2.45, 2.75) is 19.4 Å². The summed E-state index contributed by atoms with van der Waals surface area (Å²) in [4.78, 5) is 13.8. The van der Waals surface area contributed by atoms with E-state index in [1.807, 2.05) is 6.92 Å². The summed E-state index contributed by atoms with van der Waals surface area (Å²) in [5, 5.41) is 9.60. The topological polar surface area (TPSA) is 49.8 Å². The third-order valence-corrected chi connectivity index (χ3v) is 3.07. The highest BCUT2D eigenvalue weighted by Gasteiger charge is 2.25. The number of rotatable bonds is 2. The van der Waals surface area contributed by atoms with Crippen molar-refractivity contribution in [3.8, 4) is 5.75 Å². The van der Waals surface area contributed by atoms with Crippen molar-refractivity contribution in [3.63, 3.8) is 0 Å². The largest absolute Gasteiger partial charge is 0.507 e. The first-order valence-electron chi connectivity index (χ1n) is 6.01. The van der Waals surface area contributed by atoms with Crippen LogP contribution < -0.4 is 0 Å². The molecule has 1 amide bonds. The lowest BCUT2D eigenvalue weighted by atomic mass is 10.1. The normalized spacial score (nSPS) is 19.9. The molecule has 1 atom stereocenters. The van der Waals surface area contributed by atoms with Gasteiger partial charge in [-0.3, -0.25) is 4.79 Å². The number of morpholine rings is 1. The van der Waals surface area contributed by atoms with Crippen LogP contribution in [0, 0.1) is 5.82 Å². The van der Waals surface area contributed by atoms with Gasteiger partial charge < -0.3 is 14.7 Å². The monoisotopic (exact) mass is 253 g/mol. The number of benzene rings is 1. The number of hydrogen-bond donors (Lipinski definition) is 1. The number of halogens is 1. The van der Waals surface area contributed by atoms with Gasteiger partial charge in [-0.05, 0) is 18.6 Å². The molecule has 0 radical (unpaired) electrons. The molecule has 1 aliphatic rings. The van der Waals surface area contributed by atoms with Crippen LogP contribution in [0.15, 0.2) is 18.2 Å². The maximum atomic E-state index is 12.9. The molecule has 0 bridgehead atoms. The summed E-state index contributed by atoms with van der Waals surface area (Å²) < 4.78 is 18.3. The third kappa shape index (κ3) is 2.61. The van der Waals surface area contributed by atoms with Crippen LogP contribution in [-0.2, 0) is 4.74 Å². The molecule has 0 aromatic heterocycles. The van der Waals surface area contributed by atoms with Gasteiger partial charge >= 0.3 is 0 Å². The van der Waals surface area contributed by atoms with Crippen LogP contribution in [0.1, 0.15) is 23.7 Å². The Labute approximate surface area is 105 Å². The molecule has 98 valence electrons. The molecular weight excluding hydrogens is 237 g/mol. The molecule has 1 unspecified atom stereocenters. The summed E-state index contributed by atoms with van der Waals surface area (Å²) in [6, 6.07) is 3.43. The van der Waals surface area contributed by atoms with E-state index in [1.54, 1.807) is 4.90 Å². The van der Waals surface area contributed by atoms with Gasteiger partial charge in [-0.15, -0.1) is 0 Å². The standard InChI is InChI=1S/C13H16FNO3/c1-2-10-8-15(5-6-18-10)13(17)11-4-3-9(14)7-12(11)16/h3-4,7,10,16H,2,5-6,8H2,1H3. The number of phenolic OH excluding ortho intramolecular Hbond substituents is 1. The Hall–Kier alpha value is -1.62. The van der Waals surface area contributed by atoms with Gasteiger partial charge in [-0.2, -0.15) is 0 Å². The van der Waals surface area contributed by atoms with E-state index in [-0.39, 0.29) is 23.3 Å². The van der Waals surface area contributed by atoms with Crippen molar-refractivity contribution < 1.29 is 19.0 Å². The highest BCUT2D eigenvalue weighted by molar-refractivity contribution is 5.96. The van der Waals surface area contributed by atoms with E-state index < -0.39 is 5.82 Å². The maximum absolute atomic E-state index is 12.9. The molecular formula is C13H16FNO3. The summed E-state index contributed by atoms with van der Waals surface area (Å²) in [6.45, 7) is 3.48. The minimum absolute atomic E-state index is 0.0327. The van der Waals surface area contributed by atoms with Crippen LogP contribution in [0.5, 0.6) is 5.75 Å². The highest BCUT2D eigenvalue weighted by atomic mass is 19.1. The second-order valence-electron chi connectivity index (χ2n) is 4.31. The molecule has 5 heteroatoms. The Morgan fingerprint density at radius 2 is 2.39 bits per heavy atom. The Balaban J connectivity index is 2.15. The van der Waals surface area contributed by atoms with Crippen LogP contribution in [0.3, 0.4) is 0 Å². The van der Waals surface area contributed by atoms with Crippen molar-refractivity contribution >= 4 is 5.91 Å². The summed E-state index contributed by atoms with van der Waals surface area (Å²) in [5.41, 5.74) is 0.133. The molecule has 4 nitrogen and oxygen atoms in total. The molecule has 1 fully saturated rings. The van der Waals surface area contributed by atoms with Crippen LogP contribution in [0.2, 0.25) is 0 Å². The second kappa shape index (κ2) is 5.35. The van der Waals surface area contributed by atoms with E-state index in [0.717, 1.165) is 12.5 Å². The van der Waals surface area contributed by atoms with Crippen molar-refractivity contribution in [2.24, 2.45) is 0 Å². The van der Waals surface area contributed by atoms with Crippen LogP contribution in [0.4, 0.5) is 4.39 Å². The van der Waals surface area contributed by atoms with Gasteiger partial charge in [0.15, 0.2) is 0 Å². The van der Waals surface area contributed by atoms with Crippen LogP contribution >= 0.6 is 0 Å². The molecule has 1 aromatic rings. The fourth-order valence-electron chi connectivity index (χ4n) is 2.01. The summed E-state index contributed by atoms with van der Waals surface area (Å²) in [5.74, 6) is -1.16. The minimum atomic E-state index is -0.558. The number of carbonyl (C=O) groups is 1. The van der Waals surface area contributed by atoms with Crippen molar-refractivity contribution in [2.75, 3.05) is 19.7 Å². The number of aromatic hydroxyl groups is 1. The second-order valence-corrected chi connectivity index (χ2v) is 4.31. The summed E-state index contributed by atoms with van der Waals surface area (Å²) in [6.07, 6.45) is 0.865. The maximum Gasteiger partial charge on any atom is 0.257 e. The SMILES string of the molecule is CCC1CN(C(=O)c2ccc(F)cc2O)CCO1. The van der Waals surface area contributed by atoms with Crippen molar-refractivity contribution in [1.82, 2.24) is 4.90 Å². The predicted octanol–water partition coefficient (Wildman–Crippen LogP) is 1.78. The van der Waals surface area contributed by atoms with Crippen LogP contribution in [0.25, 0.3) is 0 Å². The first kappa shape index (κ1) is 12.8.